The van der Waals surface area contributed by atoms with Gasteiger partial charge < -0.3 is 10.6 Å². The van der Waals surface area contributed by atoms with Crippen molar-refractivity contribution in [2.75, 3.05) is 6.54 Å². The van der Waals surface area contributed by atoms with Crippen LogP contribution in [0.25, 0.3) is 0 Å². The van der Waals surface area contributed by atoms with Crippen LogP contribution in [0.2, 0.25) is 0 Å². The zero-order valence-corrected chi connectivity index (χ0v) is 19.3. The molecule has 0 saturated carbocycles. The number of hydrogen-bond acceptors (Lipinski definition) is 1. The Morgan fingerprint density at radius 1 is 0.692 bits per heavy atom. The normalized spacial score (nSPS) is 14.0. The highest BCUT2D eigenvalue weighted by molar-refractivity contribution is 5.76. The van der Waals surface area contributed by atoms with Gasteiger partial charge in [-0.25, -0.2) is 13.6 Å². The van der Waals surface area contributed by atoms with E-state index >= 15 is 0 Å². The van der Waals surface area contributed by atoms with Crippen LogP contribution >= 0.6 is 0 Å². The highest BCUT2D eigenvalue weighted by Crippen LogP contribution is 2.41. The van der Waals surface area contributed by atoms with Crippen molar-refractivity contribution in [1.82, 2.24) is 10.6 Å². The van der Waals surface area contributed by atoms with Gasteiger partial charge in [-0.3, -0.25) is 0 Å². The number of amides is 2. The van der Waals surface area contributed by atoms with Crippen LogP contribution in [0, 0.1) is 11.6 Å². The largest absolute Gasteiger partial charge is 0.419 e. The first-order valence-corrected chi connectivity index (χ1v) is 10.8. The number of benzene rings is 3. The Labute approximate surface area is 213 Å². The molecule has 2 N–H and O–H groups in total. The first-order valence-electron chi connectivity index (χ1n) is 10.8. The van der Waals surface area contributed by atoms with E-state index in [2.05, 4.69) is 0 Å². The maximum Gasteiger partial charge on any atom is 0.419 e. The van der Waals surface area contributed by atoms with Crippen LogP contribution in [0.3, 0.4) is 0 Å². The lowest BCUT2D eigenvalue weighted by molar-refractivity contribution is -0.140. The van der Waals surface area contributed by atoms with Crippen molar-refractivity contribution in [1.29, 1.82) is 0 Å². The minimum absolute atomic E-state index is 0.0896. The molecular formula is C25H17F11N2O. The van der Waals surface area contributed by atoms with Gasteiger partial charge in [0.05, 0.1) is 16.7 Å². The summed E-state index contributed by atoms with van der Waals surface area (Å²) in [5, 5.41) is 3.45. The summed E-state index contributed by atoms with van der Waals surface area (Å²) in [6, 6.07) is 7.59. The third-order valence-corrected chi connectivity index (χ3v) is 5.57. The van der Waals surface area contributed by atoms with Gasteiger partial charge in [0.2, 0.25) is 0 Å². The molecule has 0 aromatic heterocycles. The van der Waals surface area contributed by atoms with Gasteiger partial charge >= 0.3 is 24.6 Å². The Morgan fingerprint density at radius 2 is 1.31 bits per heavy atom. The highest BCUT2D eigenvalue weighted by Gasteiger charge is 2.43. The summed E-state index contributed by atoms with van der Waals surface area (Å²) < 4.78 is 148. The molecule has 3 aromatic rings. The Hall–Kier alpha value is -3.84. The summed E-state index contributed by atoms with van der Waals surface area (Å²) in [4.78, 5) is 12.6. The number of halogens is 11. The topological polar surface area (TPSA) is 41.1 Å². The standard InChI is InChI=1S/C25H17F11N2O/c26-18-9-16(8-17(10-18)24(31,32)33)22(12-14-4-2-1-3-5-14,38-21(39)37-13-23(28,29)30)15-6-7-20(27)19(11-15)25(34,35)36/h1-11H,12-13H2,(H2,37,38,39)/t22-/m1/s1. The molecule has 0 heterocycles. The third-order valence-electron chi connectivity index (χ3n) is 5.57. The van der Waals surface area contributed by atoms with Crippen molar-refractivity contribution >= 4 is 6.03 Å². The van der Waals surface area contributed by atoms with E-state index in [-0.39, 0.29) is 17.7 Å². The van der Waals surface area contributed by atoms with Crippen molar-refractivity contribution in [2.24, 2.45) is 0 Å². The van der Waals surface area contributed by atoms with E-state index in [1.165, 1.54) is 35.6 Å². The lowest BCUT2D eigenvalue weighted by Gasteiger charge is -2.37. The second kappa shape index (κ2) is 10.7. The predicted octanol–water partition coefficient (Wildman–Crippen LogP) is 7.35. The fourth-order valence-corrected chi connectivity index (χ4v) is 3.89. The summed E-state index contributed by atoms with van der Waals surface area (Å²) in [7, 11) is 0. The quantitative estimate of drug-likeness (QED) is 0.299. The van der Waals surface area contributed by atoms with E-state index in [9.17, 15) is 53.1 Å². The van der Waals surface area contributed by atoms with Crippen molar-refractivity contribution < 1.29 is 53.1 Å². The summed E-state index contributed by atoms with van der Waals surface area (Å²) in [5.41, 5.74) is -7.29. The van der Waals surface area contributed by atoms with Crippen LogP contribution in [0.15, 0.2) is 66.7 Å². The third kappa shape index (κ3) is 7.39. The second-order valence-electron chi connectivity index (χ2n) is 8.41. The zero-order valence-electron chi connectivity index (χ0n) is 19.3. The van der Waals surface area contributed by atoms with Crippen LogP contribution < -0.4 is 10.6 Å². The molecular weight excluding hydrogens is 553 g/mol. The number of alkyl halides is 9. The molecule has 0 radical (unpaired) electrons. The molecule has 39 heavy (non-hydrogen) atoms. The van der Waals surface area contributed by atoms with Gasteiger partial charge in [-0.05, 0) is 47.0 Å². The van der Waals surface area contributed by atoms with Crippen molar-refractivity contribution in [2.45, 2.75) is 30.5 Å². The monoisotopic (exact) mass is 570 g/mol. The molecule has 14 heteroatoms. The number of nitrogens with one attached hydrogen (secondary N) is 2. The number of rotatable bonds is 6. The van der Waals surface area contributed by atoms with E-state index in [1.807, 2.05) is 5.32 Å². The molecule has 0 saturated heterocycles. The Morgan fingerprint density at radius 3 is 1.87 bits per heavy atom. The predicted molar refractivity (Wildman–Crippen MR) is 116 cm³/mol. The molecule has 3 aromatic carbocycles. The number of carbonyl (C=O) groups excluding carboxylic acids is 1. The minimum atomic E-state index is -5.31. The van der Waals surface area contributed by atoms with Crippen LogP contribution in [0.1, 0.15) is 27.8 Å². The van der Waals surface area contributed by atoms with Crippen LogP contribution in [-0.2, 0) is 24.3 Å². The molecule has 210 valence electrons. The van der Waals surface area contributed by atoms with Crippen molar-refractivity contribution in [3.05, 3.63) is 106 Å². The Balaban J connectivity index is 2.36. The van der Waals surface area contributed by atoms with Gasteiger partial charge in [0.15, 0.2) is 0 Å². The SMILES string of the molecule is O=C(NCC(F)(F)F)N[C@@](Cc1ccccc1)(c1cc(F)cc(C(F)(F)F)c1)c1ccc(F)c(C(F)(F)F)c1. The van der Waals surface area contributed by atoms with Gasteiger partial charge in [0.1, 0.15) is 18.2 Å². The molecule has 1 atom stereocenters. The maximum atomic E-state index is 14.5. The summed E-state index contributed by atoms with van der Waals surface area (Å²) in [6.07, 6.45) is -16.1. The molecule has 0 aliphatic heterocycles. The van der Waals surface area contributed by atoms with E-state index in [0.717, 1.165) is 0 Å². The lowest BCUT2D eigenvalue weighted by atomic mass is 9.77. The van der Waals surface area contributed by atoms with Gasteiger partial charge in [0.25, 0.3) is 0 Å². The molecule has 2 amide bonds. The maximum absolute atomic E-state index is 14.5. The molecule has 0 unspecified atom stereocenters. The van der Waals surface area contributed by atoms with E-state index in [1.54, 1.807) is 0 Å². The molecule has 0 aliphatic rings. The van der Waals surface area contributed by atoms with Gasteiger partial charge in [-0.1, -0.05) is 36.4 Å². The van der Waals surface area contributed by atoms with E-state index in [0.29, 0.717) is 24.3 Å². The summed E-state index contributed by atoms with van der Waals surface area (Å²) in [5.74, 6) is -3.27. The minimum Gasteiger partial charge on any atom is -0.329 e. The average molecular weight is 570 g/mol. The van der Waals surface area contributed by atoms with Crippen molar-refractivity contribution in [3.8, 4) is 0 Å². The first kappa shape index (κ1) is 29.7. The van der Waals surface area contributed by atoms with Crippen molar-refractivity contribution in [3.63, 3.8) is 0 Å². The number of hydrogen-bond donors (Lipinski definition) is 2. The molecule has 0 aliphatic carbocycles. The molecule has 3 nitrogen and oxygen atoms in total. The Kier molecular flexibility index (Phi) is 8.18. The number of urea groups is 1. The van der Waals surface area contributed by atoms with Crippen LogP contribution in [0.5, 0.6) is 0 Å². The molecule has 0 spiro atoms. The number of carbonyl (C=O) groups is 1. The van der Waals surface area contributed by atoms with Crippen LogP contribution in [-0.4, -0.2) is 18.8 Å². The van der Waals surface area contributed by atoms with Gasteiger partial charge in [0, 0.05) is 6.42 Å². The summed E-state index contributed by atoms with van der Waals surface area (Å²) >= 11 is 0. The smallest absolute Gasteiger partial charge is 0.329 e. The second-order valence-corrected chi connectivity index (χ2v) is 8.41. The summed E-state index contributed by atoms with van der Waals surface area (Å²) in [6.45, 7) is -1.91. The highest BCUT2D eigenvalue weighted by atomic mass is 19.4. The molecule has 0 bridgehead atoms. The van der Waals surface area contributed by atoms with Crippen LogP contribution in [0.4, 0.5) is 53.1 Å². The van der Waals surface area contributed by atoms with E-state index in [4.69, 9.17) is 0 Å². The first-order chi connectivity index (χ1) is 17.9. The van der Waals surface area contributed by atoms with Gasteiger partial charge in [-0.15, -0.1) is 0 Å². The fraction of sp³-hybridized carbons (Fsp3) is 0.240. The van der Waals surface area contributed by atoms with E-state index < -0.39 is 77.0 Å². The fourth-order valence-electron chi connectivity index (χ4n) is 3.89. The molecule has 3 rings (SSSR count). The zero-order chi connectivity index (χ0) is 29.2. The average Bonchev–Trinajstić information content (AvgIpc) is 2.81. The molecule has 0 fully saturated rings. The Bertz CT molecular complexity index is 1320. The lowest BCUT2D eigenvalue weighted by Crippen LogP contribution is -2.53. The van der Waals surface area contributed by atoms with Gasteiger partial charge in [-0.2, -0.15) is 39.5 Å².